The van der Waals surface area contributed by atoms with Crippen LogP contribution in [0.4, 0.5) is 16.2 Å². The maximum absolute atomic E-state index is 12.8. The first kappa shape index (κ1) is 31.4. The van der Waals surface area contributed by atoms with Crippen LogP contribution in [0, 0.1) is 0 Å². The van der Waals surface area contributed by atoms with Crippen molar-refractivity contribution in [1.82, 2.24) is 5.32 Å². The van der Waals surface area contributed by atoms with Gasteiger partial charge in [0.2, 0.25) is 0 Å². The second-order valence-electron chi connectivity index (χ2n) is 9.89. The number of hydrogen-bond acceptors (Lipinski definition) is 7. The van der Waals surface area contributed by atoms with Gasteiger partial charge in [-0.05, 0) is 85.1 Å². The van der Waals surface area contributed by atoms with Gasteiger partial charge in [-0.25, -0.2) is 4.79 Å². The summed E-state index contributed by atoms with van der Waals surface area (Å²) in [5.41, 5.74) is 3.34. The molecule has 0 bridgehead atoms. The summed E-state index contributed by atoms with van der Waals surface area (Å²) in [6, 6.07) is 23.6. The summed E-state index contributed by atoms with van der Waals surface area (Å²) in [4.78, 5) is 38.2. The Kier molecular flexibility index (Phi) is 10.4. The van der Waals surface area contributed by atoms with E-state index in [9.17, 15) is 19.5 Å². The van der Waals surface area contributed by atoms with Crippen LogP contribution in [0.3, 0.4) is 0 Å². The van der Waals surface area contributed by atoms with Crippen LogP contribution in [0.5, 0.6) is 23.0 Å². The van der Waals surface area contributed by atoms with E-state index in [0.717, 1.165) is 5.56 Å². The van der Waals surface area contributed by atoms with Gasteiger partial charge >= 0.3 is 6.03 Å². The van der Waals surface area contributed by atoms with Gasteiger partial charge in [0.05, 0.1) is 26.9 Å². The molecule has 1 atom stereocenters. The lowest BCUT2D eigenvalue weighted by Gasteiger charge is -2.23. The Morgan fingerprint density at radius 3 is 1.91 bits per heavy atom. The zero-order valence-corrected chi connectivity index (χ0v) is 25.0. The van der Waals surface area contributed by atoms with Gasteiger partial charge in [0.15, 0.2) is 17.3 Å². The Morgan fingerprint density at radius 2 is 1.34 bits per heavy atom. The number of amides is 3. The molecule has 0 spiro atoms. The van der Waals surface area contributed by atoms with E-state index >= 15 is 0 Å². The number of hydrogen-bond donors (Lipinski definition) is 4. The molecule has 1 unspecified atom stereocenters. The summed E-state index contributed by atoms with van der Waals surface area (Å²) in [6.07, 6.45) is 0.416. The Hall–Kier alpha value is -5.51. The number of carbonyl (C=O) groups excluding carboxylic acids is 3. The maximum Gasteiger partial charge on any atom is 0.323 e. The van der Waals surface area contributed by atoms with Crippen LogP contribution >= 0.6 is 0 Å². The van der Waals surface area contributed by atoms with Crippen LogP contribution in [0.1, 0.15) is 51.1 Å². The molecule has 4 N–H and O–H groups in total. The number of anilines is 2. The number of phenols is 1. The van der Waals surface area contributed by atoms with E-state index in [-0.39, 0.29) is 29.6 Å². The van der Waals surface area contributed by atoms with Gasteiger partial charge in [-0.1, -0.05) is 24.3 Å². The highest BCUT2D eigenvalue weighted by Gasteiger charge is 2.23. The third-order valence-electron chi connectivity index (χ3n) is 7.10. The van der Waals surface area contributed by atoms with E-state index in [1.165, 1.54) is 27.2 Å². The smallest absolute Gasteiger partial charge is 0.323 e. The highest BCUT2D eigenvalue weighted by atomic mass is 16.5. The zero-order chi connectivity index (χ0) is 31.6. The average molecular weight is 598 g/mol. The topological polar surface area (TPSA) is 135 Å². The first-order valence-electron chi connectivity index (χ1n) is 13.9. The number of aromatic hydroxyl groups is 1. The van der Waals surface area contributed by atoms with Gasteiger partial charge in [-0.15, -0.1) is 0 Å². The molecule has 0 radical (unpaired) electrons. The highest BCUT2D eigenvalue weighted by Crippen LogP contribution is 2.38. The molecule has 10 nitrogen and oxygen atoms in total. The van der Waals surface area contributed by atoms with Crippen LogP contribution in [0.15, 0.2) is 84.9 Å². The molecule has 4 aromatic carbocycles. The van der Waals surface area contributed by atoms with Crippen molar-refractivity contribution >= 4 is 29.1 Å². The molecule has 0 aromatic heterocycles. The molecular weight excluding hydrogens is 562 g/mol. The predicted molar refractivity (Wildman–Crippen MR) is 169 cm³/mol. The molecule has 0 saturated heterocycles. The lowest BCUT2D eigenvalue weighted by molar-refractivity contribution is 0.0948. The van der Waals surface area contributed by atoms with Crippen LogP contribution in [0.2, 0.25) is 0 Å². The third kappa shape index (κ3) is 7.65. The second-order valence-corrected chi connectivity index (χ2v) is 9.89. The molecule has 0 fully saturated rings. The summed E-state index contributed by atoms with van der Waals surface area (Å²) < 4.78 is 16.1. The quantitative estimate of drug-likeness (QED) is 0.143. The molecule has 228 valence electrons. The fraction of sp³-hybridized carbons (Fsp3) is 0.206. The maximum atomic E-state index is 12.8. The molecular formula is C34H35N3O7. The summed E-state index contributed by atoms with van der Waals surface area (Å²) in [5.74, 6) is 0.544. The Bertz CT molecular complexity index is 1620. The van der Waals surface area contributed by atoms with E-state index in [0.29, 0.717) is 46.2 Å². The number of phenolic OH excluding ortho intramolecular Hbond substituents is 1. The minimum absolute atomic E-state index is 0.112. The molecule has 44 heavy (non-hydrogen) atoms. The zero-order valence-electron chi connectivity index (χ0n) is 25.0. The minimum atomic E-state index is -0.414. The Labute approximate surface area is 256 Å². The van der Waals surface area contributed by atoms with Crippen molar-refractivity contribution in [2.75, 3.05) is 38.5 Å². The van der Waals surface area contributed by atoms with Gasteiger partial charge in [-0.3, -0.25) is 9.59 Å². The SMILES string of the molecule is COc1ccc(NC(=O)Nc2ccc(C(CCNC(=O)c3ccccc3O)c3cc(OC)c(OC)cc3C(C)=O)cc2)cc1. The number of ketones is 1. The van der Waals surface area contributed by atoms with Crippen molar-refractivity contribution in [2.24, 2.45) is 0 Å². The van der Waals surface area contributed by atoms with Crippen LogP contribution in [-0.2, 0) is 0 Å². The third-order valence-corrected chi connectivity index (χ3v) is 7.10. The first-order valence-corrected chi connectivity index (χ1v) is 13.9. The van der Waals surface area contributed by atoms with Crippen LogP contribution in [-0.4, -0.2) is 50.7 Å². The molecule has 0 aliphatic carbocycles. The Morgan fingerprint density at radius 1 is 0.750 bits per heavy atom. The summed E-state index contributed by atoms with van der Waals surface area (Å²) in [6.45, 7) is 1.73. The molecule has 3 amide bonds. The van der Waals surface area contributed by atoms with Crippen molar-refractivity contribution in [2.45, 2.75) is 19.3 Å². The van der Waals surface area contributed by atoms with Gasteiger partial charge in [0.1, 0.15) is 11.5 Å². The lowest BCUT2D eigenvalue weighted by atomic mass is 9.84. The molecule has 0 aliphatic heterocycles. The predicted octanol–water partition coefficient (Wildman–Crippen LogP) is 6.22. The number of nitrogens with one attached hydrogen (secondary N) is 3. The first-order chi connectivity index (χ1) is 21.2. The molecule has 0 aliphatic rings. The van der Waals surface area contributed by atoms with Gasteiger partial charge in [0.25, 0.3) is 5.91 Å². The highest BCUT2D eigenvalue weighted by molar-refractivity contribution is 6.00. The summed E-state index contributed by atoms with van der Waals surface area (Å²) in [7, 11) is 4.60. The standard InChI is InChI=1S/C34H35N3O7/c1-21(38)28-19-31(43-3)32(44-4)20-29(28)26(17-18-35-33(40)27-7-5-6-8-30(27)39)22-9-11-23(12-10-22)36-34(41)37-24-13-15-25(42-2)16-14-24/h5-16,19-20,26,39H,17-18H2,1-4H3,(H,35,40)(H2,36,37,41). The lowest BCUT2D eigenvalue weighted by Crippen LogP contribution is -2.26. The number of ether oxygens (including phenoxy) is 3. The fourth-order valence-electron chi connectivity index (χ4n) is 4.85. The molecule has 4 aromatic rings. The largest absolute Gasteiger partial charge is 0.507 e. The van der Waals surface area contributed by atoms with E-state index in [1.54, 1.807) is 73.8 Å². The van der Waals surface area contributed by atoms with Crippen molar-refractivity contribution in [3.05, 3.63) is 107 Å². The van der Waals surface area contributed by atoms with Gasteiger partial charge in [0, 0.05) is 29.4 Å². The fourth-order valence-corrected chi connectivity index (χ4v) is 4.85. The molecule has 0 saturated carbocycles. The number of benzene rings is 4. The van der Waals surface area contributed by atoms with Crippen molar-refractivity contribution in [1.29, 1.82) is 0 Å². The minimum Gasteiger partial charge on any atom is -0.507 e. The van der Waals surface area contributed by atoms with Gasteiger partial charge in [-0.2, -0.15) is 0 Å². The van der Waals surface area contributed by atoms with E-state index in [4.69, 9.17) is 14.2 Å². The van der Waals surface area contributed by atoms with Crippen LogP contribution in [0.25, 0.3) is 0 Å². The van der Waals surface area contributed by atoms with Crippen molar-refractivity contribution < 1.29 is 33.7 Å². The van der Waals surface area contributed by atoms with Crippen molar-refractivity contribution in [3.63, 3.8) is 0 Å². The number of urea groups is 1. The second kappa shape index (κ2) is 14.6. The number of para-hydroxylation sites is 1. The van der Waals surface area contributed by atoms with Crippen LogP contribution < -0.4 is 30.2 Å². The normalized spacial score (nSPS) is 11.2. The summed E-state index contributed by atoms with van der Waals surface area (Å²) in [5, 5.41) is 18.5. The molecule has 10 heteroatoms. The molecule has 0 heterocycles. The number of methoxy groups -OCH3 is 3. The van der Waals surface area contributed by atoms with Crippen molar-refractivity contribution in [3.8, 4) is 23.0 Å². The number of rotatable bonds is 12. The monoisotopic (exact) mass is 597 g/mol. The average Bonchev–Trinajstić information content (AvgIpc) is 3.03. The number of Topliss-reactive ketones (excluding diaryl/α,β-unsaturated/α-hetero) is 1. The van der Waals surface area contributed by atoms with E-state index in [1.807, 2.05) is 12.1 Å². The Balaban J connectivity index is 1.58. The number of carbonyl (C=O) groups is 3. The van der Waals surface area contributed by atoms with E-state index < -0.39 is 11.9 Å². The molecule has 4 rings (SSSR count). The summed E-state index contributed by atoms with van der Waals surface area (Å²) >= 11 is 0. The van der Waals surface area contributed by atoms with E-state index in [2.05, 4.69) is 16.0 Å². The van der Waals surface area contributed by atoms with Gasteiger partial charge < -0.3 is 35.3 Å².